The number of nitrogens with zero attached hydrogens (tertiary/aromatic N) is 3. The fourth-order valence-corrected chi connectivity index (χ4v) is 1.62. The van der Waals surface area contributed by atoms with E-state index in [1.807, 2.05) is 22.6 Å². The van der Waals surface area contributed by atoms with Crippen molar-refractivity contribution in [3.63, 3.8) is 0 Å². The maximum absolute atomic E-state index is 10.6. The Labute approximate surface area is 105 Å². The number of non-ortho nitro benzene ring substituents is 1. The Morgan fingerprint density at radius 2 is 2.12 bits per heavy atom. The van der Waals surface area contributed by atoms with Crippen molar-refractivity contribution in [1.29, 1.82) is 0 Å². The van der Waals surface area contributed by atoms with Crippen LogP contribution in [-0.2, 0) is 0 Å². The highest BCUT2D eigenvalue weighted by Crippen LogP contribution is 2.17. The quantitative estimate of drug-likeness (QED) is 0.279. The third kappa shape index (κ3) is 3.81. The number of guanidine groups is 1. The molecule has 4 N–H and O–H groups in total. The summed E-state index contributed by atoms with van der Waals surface area (Å²) in [6.07, 6.45) is 1.34. The Kier molecular flexibility index (Phi) is 4.17. The molecule has 16 heavy (non-hydrogen) atoms. The first-order valence-electron chi connectivity index (χ1n) is 4.06. The Hall–Kier alpha value is -1.71. The van der Waals surface area contributed by atoms with Crippen molar-refractivity contribution in [2.24, 2.45) is 21.7 Å². The van der Waals surface area contributed by atoms with E-state index in [2.05, 4.69) is 10.2 Å². The zero-order valence-corrected chi connectivity index (χ0v) is 10.2. The number of rotatable bonds is 3. The Bertz CT molecular complexity index is 467. The molecule has 0 fully saturated rings. The molecule has 0 spiro atoms. The second-order valence-electron chi connectivity index (χ2n) is 2.77. The predicted molar refractivity (Wildman–Crippen MR) is 69.2 cm³/mol. The fraction of sp³-hybridized carbons (Fsp3) is 0. The van der Waals surface area contributed by atoms with Crippen LogP contribution in [0, 0.1) is 13.7 Å². The van der Waals surface area contributed by atoms with Crippen molar-refractivity contribution in [3.05, 3.63) is 37.4 Å². The van der Waals surface area contributed by atoms with Crippen LogP contribution in [0.5, 0.6) is 0 Å². The van der Waals surface area contributed by atoms with Gasteiger partial charge >= 0.3 is 0 Å². The molecule has 0 heterocycles. The number of nitrogens with two attached hydrogens (primary N) is 2. The standard InChI is InChI=1S/C8H8IN5O2/c9-6-1-5(4-12-13-8(10)11)2-7(3-6)14(15)16/h1-4H,(H4,10,11,13). The van der Waals surface area contributed by atoms with Gasteiger partial charge in [0, 0.05) is 21.3 Å². The molecule has 1 aromatic rings. The summed E-state index contributed by atoms with van der Waals surface area (Å²) in [6.45, 7) is 0. The van der Waals surface area contributed by atoms with Gasteiger partial charge in [0.1, 0.15) is 0 Å². The molecule has 0 amide bonds. The summed E-state index contributed by atoms with van der Waals surface area (Å²) >= 11 is 1.98. The first-order valence-corrected chi connectivity index (χ1v) is 5.14. The van der Waals surface area contributed by atoms with Gasteiger partial charge in [-0.15, -0.1) is 5.10 Å². The van der Waals surface area contributed by atoms with Crippen LogP contribution in [0.2, 0.25) is 0 Å². The zero-order valence-electron chi connectivity index (χ0n) is 8.00. The molecule has 0 aromatic heterocycles. The van der Waals surface area contributed by atoms with Gasteiger partial charge in [0.15, 0.2) is 0 Å². The van der Waals surface area contributed by atoms with E-state index < -0.39 is 4.92 Å². The third-order valence-corrected chi connectivity index (χ3v) is 2.12. The highest BCUT2D eigenvalue weighted by atomic mass is 127. The Morgan fingerprint density at radius 1 is 1.44 bits per heavy atom. The monoisotopic (exact) mass is 333 g/mol. The van der Waals surface area contributed by atoms with E-state index in [4.69, 9.17) is 11.5 Å². The topological polar surface area (TPSA) is 120 Å². The van der Waals surface area contributed by atoms with Crippen LogP contribution in [0.15, 0.2) is 28.4 Å². The summed E-state index contributed by atoms with van der Waals surface area (Å²) in [5, 5.41) is 17.5. The van der Waals surface area contributed by atoms with Crippen LogP contribution in [0.25, 0.3) is 0 Å². The minimum Gasteiger partial charge on any atom is -0.369 e. The van der Waals surface area contributed by atoms with Crippen molar-refractivity contribution >= 4 is 40.5 Å². The van der Waals surface area contributed by atoms with Crippen LogP contribution in [0.1, 0.15) is 5.56 Å². The highest BCUT2D eigenvalue weighted by Gasteiger charge is 2.07. The van der Waals surface area contributed by atoms with Gasteiger partial charge in [0.2, 0.25) is 5.96 Å². The van der Waals surface area contributed by atoms with Gasteiger partial charge in [-0.25, -0.2) is 0 Å². The molecule has 84 valence electrons. The average molecular weight is 333 g/mol. The lowest BCUT2D eigenvalue weighted by molar-refractivity contribution is -0.384. The first-order chi connectivity index (χ1) is 7.49. The van der Waals surface area contributed by atoms with Gasteiger partial charge < -0.3 is 11.5 Å². The van der Waals surface area contributed by atoms with Gasteiger partial charge in [-0.2, -0.15) is 5.10 Å². The first kappa shape index (κ1) is 12.4. The minimum absolute atomic E-state index is 0.00181. The molecule has 0 unspecified atom stereocenters. The second-order valence-corrected chi connectivity index (χ2v) is 4.01. The number of benzene rings is 1. The molecule has 0 aliphatic heterocycles. The Morgan fingerprint density at radius 3 is 2.69 bits per heavy atom. The van der Waals surface area contributed by atoms with Crippen molar-refractivity contribution in [2.75, 3.05) is 0 Å². The molecule has 0 aliphatic carbocycles. The van der Waals surface area contributed by atoms with E-state index in [0.717, 1.165) is 3.57 Å². The molecule has 0 bridgehead atoms. The average Bonchev–Trinajstić information content (AvgIpc) is 2.16. The molecule has 1 aromatic carbocycles. The summed E-state index contributed by atoms with van der Waals surface area (Å²) < 4.78 is 0.734. The van der Waals surface area contributed by atoms with Crippen LogP contribution in [0.3, 0.4) is 0 Å². The van der Waals surface area contributed by atoms with Crippen molar-refractivity contribution in [3.8, 4) is 0 Å². The normalized spacial score (nSPS) is 10.3. The molecule has 1 rings (SSSR count). The van der Waals surface area contributed by atoms with E-state index in [0.29, 0.717) is 5.56 Å². The molecule has 0 radical (unpaired) electrons. The van der Waals surface area contributed by atoms with Crippen LogP contribution >= 0.6 is 22.6 Å². The molecular formula is C8H8IN5O2. The van der Waals surface area contributed by atoms with E-state index in [-0.39, 0.29) is 11.6 Å². The van der Waals surface area contributed by atoms with E-state index in [1.54, 1.807) is 6.07 Å². The summed E-state index contributed by atoms with van der Waals surface area (Å²) in [5.74, 6) is -0.170. The minimum atomic E-state index is -0.472. The zero-order chi connectivity index (χ0) is 12.1. The van der Waals surface area contributed by atoms with E-state index in [9.17, 15) is 10.1 Å². The lowest BCUT2D eigenvalue weighted by atomic mass is 10.2. The molecule has 0 atom stereocenters. The molecule has 0 saturated heterocycles. The second kappa shape index (κ2) is 5.39. The molecule has 7 nitrogen and oxygen atoms in total. The number of nitro benzene ring substituents is 1. The van der Waals surface area contributed by atoms with Crippen LogP contribution in [0.4, 0.5) is 5.69 Å². The van der Waals surface area contributed by atoms with Gasteiger partial charge in [-0.3, -0.25) is 10.1 Å². The summed E-state index contributed by atoms with van der Waals surface area (Å²) in [4.78, 5) is 10.1. The van der Waals surface area contributed by atoms with Gasteiger partial charge in [0.25, 0.3) is 5.69 Å². The summed E-state index contributed by atoms with van der Waals surface area (Å²) in [7, 11) is 0. The fourth-order valence-electron chi connectivity index (χ4n) is 0.938. The SMILES string of the molecule is NC(N)=NN=Cc1cc(I)cc([N+](=O)[O-])c1. The van der Waals surface area contributed by atoms with E-state index in [1.165, 1.54) is 18.3 Å². The van der Waals surface area contributed by atoms with Crippen LogP contribution < -0.4 is 11.5 Å². The largest absolute Gasteiger partial charge is 0.369 e. The van der Waals surface area contributed by atoms with Gasteiger partial charge in [0.05, 0.1) is 11.1 Å². The number of hydrogen-bond acceptors (Lipinski definition) is 4. The maximum atomic E-state index is 10.6. The lowest BCUT2D eigenvalue weighted by Crippen LogP contribution is -2.21. The van der Waals surface area contributed by atoms with Gasteiger partial charge in [-0.05, 0) is 28.7 Å². The number of halogens is 1. The molecular weight excluding hydrogens is 325 g/mol. The van der Waals surface area contributed by atoms with E-state index >= 15 is 0 Å². The van der Waals surface area contributed by atoms with Gasteiger partial charge in [-0.1, -0.05) is 0 Å². The molecule has 0 saturated carbocycles. The predicted octanol–water partition coefficient (Wildman–Crippen LogP) is 0.807. The number of hydrogen-bond donors (Lipinski definition) is 2. The molecule has 8 heteroatoms. The third-order valence-electron chi connectivity index (χ3n) is 1.50. The Balaban J connectivity index is 3.01. The highest BCUT2D eigenvalue weighted by molar-refractivity contribution is 14.1. The smallest absolute Gasteiger partial charge is 0.271 e. The summed E-state index contributed by atoms with van der Waals surface area (Å²) in [5.41, 5.74) is 10.7. The van der Waals surface area contributed by atoms with Crippen molar-refractivity contribution < 1.29 is 4.92 Å². The van der Waals surface area contributed by atoms with Crippen LogP contribution in [-0.4, -0.2) is 17.1 Å². The maximum Gasteiger partial charge on any atom is 0.271 e. The van der Waals surface area contributed by atoms with Crippen molar-refractivity contribution in [1.82, 2.24) is 0 Å². The summed E-state index contributed by atoms with van der Waals surface area (Å²) in [6, 6.07) is 4.56. The lowest BCUT2D eigenvalue weighted by Gasteiger charge is -1.95. The molecule has 0 aliphatic rings. The van der Waals surface area contributed by atoms with Crippen molar-refractivity contribution in [2.45, 2.75) is 0 Å². The number of nitro groups is 1.